The van der Waals surface area contributed by atoms with E-state index in [1.807, 2.05) is 30.3 Å². The molecule has 6 heteroatoms. The molecule has 6 nitrogen and oxygen atoms in total. The molecule has 0 fully saturated rings. The molecular formula is C22H32N2O4. The Kier molecular flexibility index (Phi) is 13.1. The van der Waals surface area contributed by atoms with E-state index in [0.717, 1.165) is 31.2 Å². The summed E-state index contributed by atoms with van der Waals surface area (Å²) in [6.45, 7) is 9.77. The Bertz CT molecular complexity index is 589. The molecule has 1 unspecified atom stereocenters. The van der Waals surface area contributed by atoms with Crippen molar-refractivity contribution in [3.8, 4) is 0 Å². The van der Waals surface area contributed by atoms with E-state index in [2.05, 4.69) is 23.8 Å². The fraction of sp³-hybridized carbons (Fsp3) is 0.455. The van der Waals surface area contributed by atoms with E-state index in [-0.39, 0.29) is 17.9 Å². The van der Waals surface area contributed by atoms with Crippen molar-refractivity contribution < 1.29 is 19.1 Å². The normalized spacial score (nSPS) is 11.4. The van der Waals surface area contributed by atoms with Crippen LogP contribution in [0.3, 0.4) is 0 Å². The lowest BCUT2D eigenvalue weighted by Crippen LogP contribution is -2.22. The molecule has 2 amide bonds. The number of amides is 2. The number of rotatable bonds is 16. The molecule has 0 radical (unpaired) electrons. The number of carbonyl (C=O) groups is 2. The molecule has 1 aromatic carbocycles. The van der Waals surface area contributed by atoms with Crippen molar-refractivity contribution in [1.29, 1.82) is 0 Å². The average molecular weight is 389 g/mol. The van der Waals surface area contributed by atoms with Gasteiger partial charge in [-0.15, -0.1) is 0 Å². The van der Waals surface area contributed by atoms with Gasteiger partial charge in [-0.05, 0) is 43.4 Å². The van der Waals surface area contributed by atoms with Gasteiger partial charge in [0.2, 0.25) is 11.8 Å². The number of nitrogens with one attached hydrogen (secondary N) is 2. The Morgan fingerprint density at radius 1 is 0.893 bits per heavy atom. The van der Waals surface area contributed by atoms with Gasteiger partial charge in [0, 0.05) is 26.3 Å². The lowest BCUT2D eigenvalue weighted by atomic mass is 10.1. The van der Waals surface area contributed by atoms with Crippen molar-refractivity contribution in [3.63, 3.8) is 0 Å². The van der Waals surface area contributed by atoms with Crippen molar-refractivity contribution in [2.45, 2.75) is 31.8 Å². The predicted molar refractivity (Wildman–Crippen MR) is 111 cm³/mol. The Balaban J connectivity index is 2.25. The van der Waals surface area contributed by atoms with Gasteiger partial charge >= 0.3 is 0 Å². The summed E-state index contributed by atoms with van der Waals surface area (Å²) in [6.07, 6.45) is 5.83. The SMILES string of the molecule is C=CC(=O)NCCCCOCC(OCCCCNC(=O)C=C)c1ccccc1. The Morgan fingerprint density at radius 3 is 2.04 bits per heavy atom. The summed E-state index contributed by atoms with van der Waals surface area (Å²) in [4.78, 5) is 22.2. The maximum absolute atomic E-state index is 11.1. The summed E-state index contributed by atoms with van der Waals surface area (Å²) in [7, 11) is 0. The first-order valence-corrected chi connectivity index (χ1v) is 9.72. The van der Waals surface area contributed by atoms with E-state index < -0.39 is 0 Å². The molecule has 1 aromatic rings. The van der Waals surface area contributed by atoms with Crippen LogP contribution in [0.2, 0.25) is 0 Å². The van der Waals surface area contributed by atoms with Crippen LogP contribution in [0.1, 0.15) is 37.4 Å². The van der Waals surface area contributed by atoms with Gasteiger partial charge in [0.05, 0.1) is 6.61 Å². The van der Waals surface area contributed by atoms with Gasteiger partial charge in [0.1, 0.15) is 6.10 Å². The predicted octanol–water partition coefficient (Wildman–Crippen LogP) is 2.93. The minimum absolute atomic E-state index is 0.121. The fourth-order valence-electron chi connectivity index (χ4n) is 2.45. The topological polar surface area (TPSA) is 76.7 Å². The molecule has 0 bridgehead atoms. The van der Waals surface area contributed by atoms with Crippen LogP contribution in [0.4, 0.5) is 0 Å². The average Bonchev–Trinajstić information content (AvgIpc) is 2.73. The third-order valence-corrected chi connectivity index (χ3v) is 4.02. The molecule has 28 heavy (non-hydrogen) atoms. The molecule has 0 heterocycles. The Morgan fingerprint density at radius 2 is 1.46 bits per heavy atom. The molecule has 0 spiro atoms. The lowest BCUT2D eigenvalue weighted by Gasteiger charge is -2.19. The maximum Gasteiger partial charge on any atom is 0.243 e. The summed E-state index contributed by atoms with van der Waals surface area (Å²) in [5.41, 5.74) is 1.08. The van der Waals surface area contributed by atoms with Crippen molar-refractivity contribution in [1.82, 2.24) is 10.6 Å². The minimum Gasteiger partial charge on any atom is -0.378 e. The van der Waals surface area contributed by atoms with Crippen LogP contribution in [0.5, 0.6) is 0 Å². The van der Waals surface area contributed by atoms with E-state index in [1.165, 1.54) is 12.2 Å². The van der Waals surface area contributed by atoms with E-state index in [0.29, 0.717) is 32.9 Å². The number of hydrogen-bond donors (Lipinski definition) is 2. The summed E-state index contributed by atoms with van der Waals surface area (Å²) < 4.78 is 11.8. The molecular weight excluding hydrogens is 356 g/mol. The molecule has 2 N–H and O–H groups in total. The second-order valence-electron chi connectivity index (χ2n) is 6.25. The quantitative estimate of drug-likeness (QED) is 0.337. The molecule has 154 valence electrons. The summed E-state index contributed by atoms with van der Waals surface area (Å²) >= 11 is 0. The van der Waals surface area contributed by atoms with Gasteiger partial charge in [0.15, 0.2) is 0 Å². The smallest absolute Gasteiger partial charge is 0.243 e. The van der Waals surface area contributed by atoms with Crippen LogP contribution < -0.4 is 10.6 Å². The first-order valence-electron chi connectivity index (χ1n) is 9.72. The van der Waals surface area contributed by atoms with Crippen LogP contribution in [0.15, 0.2) is 55.6 Å². The van der Waals surface area contributed by atoms with Gasteiger partial charge in [-0.2, -0.15) is 0 Å². The van der Waals surface area contributed by atoms with Gasteiger partial charge in [-0.1, -0.05) is 43.5 Å². The Labute approximate surface area is 168 Å². The highest BCUT2D eigenvalue weighted by molar-refractivity contribution is 5.87. The summed E-state index contributed by atoms with van der Waals surface area (Å²) in [5.74, 6) is -0.303. The summed E-state index contributed by atoms with van der Waals surface area (Å²) in [5, 5.41) is 5.50. The second-order valence-corrected chi connectivity index (χ2v) is 6.25. The van der Waals surface area contributed by atoms with Crippen LogP contribution >= 0.6 is 0 Å². The van der Waals surface area contributed by atoms with E-state index in [1.54, 1.807) is 0 Å². The molecule has 0 aliphatic rings. The Hall–Kier alpha value is -2.44. The van der Waals surface area contributed by atoms with Gasteiger partial charge < -0.3 is 20.1 Å². The van der Waals surface area contributed by atoms with Gasteiger partial charge in [0.25, 0.3) is 0 Å². The zero-order chi connectivity index (χ0) is 20.5. The third kappa shape index (κ3) is 11.3. The molecule has 0 saturated carbocycles. The number of hydrogen-bond acceptors (Lipinski definition) is 4. The number of unbranched alkanes of at least 4 members (excludes halogenated alkanes) is 2. The first-order chi connectivity index (χ1) is 13.7. The zero-order valence-corrected chi connectivity index (χ0v) is 16.5. The second kappa shape index (κ2) is 15.6. The van der Waals surface area contributed by atoms with Gasteiger partial charge in [-0.3, -0.25) is 9.59 Å². The van der Waals surface area contributed by atoms with Crippen LogP contribution in [0.25, 0.3) is 0 Å². The molecule has 0 aromatic heterocycles. The fourth-order valence-corrected chi connectivity index (χ4v) is 2.45. The van der Waals surface area contributed by atoms with Crippen LogP contribution in [-0.2, 0) is 19.1 Å². The number of ether oxygens (including phenoxy) is 2. The molecule has 0 saturated heterocycles. The van der Waals surface area contributed by atoms with Crippen LogP contribution in [0, 0.1) is 0 Å². The maximum atomic E-state index is 11.1. The van der Waals surface area contributed by atoms with Gasteiger partial charge in [-0.25, -0.2) is 0 Å². The van der Waals surface area contributed by atoms with Crippen LogP contribution in [-0.4, -0.2) is 44.7 Å². The summed E-state index contributed by atoms with van der Waals surface area (Å²) in [6, 6.07) is 10.0. The molecule has 1 rings (SSSR count). The third-order valence-electron chi connectivity index (χ3n) is 4.02. The minimum atomic E-state index is -0.152. The first kappa shape index (κ1) is 23.6. The van der Waals surface area contributed by atoms with Crippen molar-refractivity contribution >= 4 is 11.8 Å². The molecule has 0 aliphatic heterocycles. The highest BCUT2D eigenvalue weighted by atomic mass is 16.5. The van der Waals surface area contributed by atoms with E-state index in [9.17, 15) is 9.59 Å². The largest absolute Gasteiger partial charge is 0.378 e. The highest BCUT2D eigenvalue weighted by Crippen LogP contribution is 2.18. The highest BCUT2D eigenvalue weighted by Gasteiger charge is 2.12. The van der Waals surface area contributed by atoms with Crippen molar-refractivity contribution in [2.24, 2.45) is 0 Å². The van der Waals surface area contributed by atoms with E-state index in [4.69, 9.17) is 9.47 Å². The molecule has 0 aliphatic carbocycles. The molecule has 1 atom stereocenters. The monoisotopic (exact) mass is 388 g/mol. The van der Waals surface area contributed by atoms with Crippen molar-refractivity contribution in [2.75, 3.05) is 32.9 Å². The van der Waals surface area contributed by atoms with Crippen molar-refractivity contribution in [3.05, 3.63) is 61.2 Å². The lowest BCUT2D eigenvalue weighted by molar-refractivity contribution is -0.117. The van der Waals surface area contributed by atoms with E-state index >= 15 is 0 Å². The zero-order valence-electron chi connectivity index (χ0n) is 16.5. The number of carbonyl (C=O) groups excluding carboxylic acids is 2. The number of benzene rings is 1. The standard InChI is InChI=1S/C22H32N2O4/c1-3-21(25)23-14-8-10-16-27-18-20(19-12-6-5-7-13-19)28-17-11-9-15-24-22(26)4-2/h3-7,12-13,20H,1-2,8-11,14-18H2,(H,23,25)(H,24,26).